The molecule has 0 bridgehead atoms. The van der Waals surface area contributed by atoms with Crippen molar-refractivity contribution in [2.75, 3.05) is 68.1 Å². The van der Waals surface area contributed by atoms with Crippen molar-refractivity contribution in [1.29, 1.82) is 5.26 Å². The predicted octanol–water partition coefficient (Wildman–Crippen LogP) is 3.82. The highest BCUT2D eigenvalue weighted by Crippen LogP contribution is 2.40. The van der Waals surface area contributed by atoms with Gasteiger partial charge in [0.1, 0.15) is 6.07 Å². The van der Waals surface area contributed by atoms with Crippen LogP contribution in [-0.2, 0) is 0 Å². The molecule has 2 fully saturated rings. The van der Waals surface area contributed by atoms with Crippen molar-refractivity contribution in [1.82, 2.24) is 4.90 Å². The number of anilines is 3. The number of benzene rings is 1. The highest BCUT2D eigenvalue weighted by Gasteiger charge is 2.26. The molecular weight excluding hydrogens is 414 g/mol. The van der Waals surface area contributed by atoms with Gasteiger partial charge in [-0.05, 0) is 50.6 Å². The Kier molecular flexibility index (Phi) is 6.40. The standard InChI is InChI=1S/C23H28ClN5O2/c1-26-10-12-29(13-11-26)19-15-21(28-8-4-3-5-9-28)20(14-18(19)24)27(2)23(30)22-7-6-17(16-25)31-22/h6-7,14-15H,3-5,8-13H2,1-2H3. The van der Waals surface area contributed by atoms with Crippen LogP contribution in [0.1, 0.15) is 35.6 Å². The predicted molar refractivity (Wildman–Crippen MR) is 123 cm³/mol. The Balaban J connectivity index is 1.70. The number of halogens is 1. The maximum atomic E-state index is 13.1. The molecule has 1 amide bonds. The van der Waals surface area contributed by atoms with Crippen LogP contribution in [0.15, 0.2) is 28.7 Å². The first-order chi connectivity index (χ1) is 15.0. The summed E-state index contributed by atoms with van der Waals surface area (Å²) in [7, 11) is 3.86. The fraction of sp³-hybridized carbons (Fsp3) is 0.478. The summed E-state index contributed by atoms with van der Waals surface area (Å²) in [6.07, 6.45) is 3.49. The largest absolute Gasteiger partial charge is 0.440 e. The van der Waals surface area contributed by atoms with E-state index in [0.29, 0.717) is 5.02 Å². The molecule has 164 valence electrons. The van der Waals surface area contributed by atoms with Gasteiger partial charge in [-0.2, -0.15) is 5.26 Å². The van der Waals surface area contributed by atoms with E-state index >= 15 is 0 Å². The van der Waals surface area contributed by atoms with Crippen LogP contribution < -0.4 is 14.7 Å². The highest BCUT2D eigenvalue weighted by atomic mass is 35.5. The molecule has 0 N–H and O–H groups in total. The summed E-state index contributed by atoms with van der Waals surface area (Å²) in [5.74, 6) is -0.0393. The molecule has 1 aromatic carbocycles. The van der Waals surface area contributed by atoms with Crippen molar-refractivity contribution < 1.29 is 9.21 Å². The number of carbonyl (C=O) groups excluding carboxylic acids is 1. The molecule has 0 atom stereocenters. The number of furan rings is 1. The van der Waals surface area contributed by atoms with E-state index in [9.17, 15) is 4.79 Å². The molecule has 4 rings (SSSR count). The van der Waals surface area contributed by atoms with Crippen LogP contribution >= 0.6 is 11.6 Å². The Bertz CT molecular complexity index is 984. The molecule has 0 unspecified atom stereocenters. The summed E-state index contributed by atoms with van der Waals surface area (Å²) in [6, 6.07) is 9.01. The number of carbonyl (C=O) groups is 1. The van der Waals surface area contributed by atoms with Gasteiger partial charge in [-0.15, -0.1) is 0 Å². The number of piperidine rings is 1. The average Bonchev–Trinajstić information content (AvgIpc) is 3.28. The zero-order chi connectivity index (χ0) is 22.0. The van der Waals surface area contributed by atoms with Gasteiger partial charge in [-0.1, -0.05) is 11.6 Å². The summed E-state index contributed by atoms with van der Waals surface area (Å²) in [6.45, 7) is 5.75. The Labute approximate surface area is 188 Å². The van der Waals surface area contributed by atoms with Crippen LogP contribution in [0.5, 0.6) is 0 Å². The second-order valence-corrected chi connectivity index (χ2v) is 8.68. The lowest BCUT2D eigenvalue weighted by molar-refractivity contribution is 0.0966. The smallest absolute Gasteiger partial charge is 0.293 e. The van der Waals surface area contributed by atoms with E-state index in [-0.39, 0.29) is 17.4 Å². The lowest BCUT2D eigenvalue weighted by Crippen LogP contribution is -2.44. The zero-order valence-corrected chi connectivity index (χ0v) is 18.9. The van der Waals surface area contributed by atoms with Crippen LogP contribution in [-0.4, -0.2) is 64.2 Å². The Morgan fingerprint density at radius 3 is 2.35 bits per heavy atom. The van der Waals surface area contributed by atoms with Crippen LogP contribution in [0.4, 0.5) is 17.1 Å². The minimum absolute atomic E-state index is 0.122. The number of amides is 1. The van der Waals surface area contributed by atoms with Gasteiger partial charge in [-0.3, -0.25) is 4.79 Å². The normalized spacial score (nSPS) is 17.5. The van der Waals surface area contributed by atoms with Gasteiger partial charge < -0.3 is 24.0 Å². The number of hydrogen-bond donors (Lipinski definition) is 0. The minimum Gasteiger partial charge on any atom is -0.440 e. The van der Waals surface area contributed by atoms with Crippen molar-refractivity contribution in [3.05, 3.63) is 40.8 Å². The van der Waals surface area contributed by atoms with Crippen molar-refractivity contribution in [3.8, 4) is 6.07 Å². The molecular formula is C23H28ClN5O2. The topological polar surface area (TPSA) is 67.0 Å². The van der Waals surface area contributed by atoms with Gasteiger partial charge in [0.25, 0.3) is 5.91 Å². The molecule has 2 aromatic rings. The van der Waals surface area contributed by atoms with Crippen molar-refractivity contribution in [2.45, 2.75) is 19.3 Å². The summed E-state index contributed by atoms with van der Waals surface area (Å²) < 4.78 is 5.37. The molecule has 8 heteroatoms. The first-order valence-corrected chi connectivity index (χ1v) is 11.2. The third-order valence-corrected chi connectivity index (χ3v) is 6.48. The SMILES string of the molecule is CN1CCN(c2cc(N3CCCCC3)c(N(C)C(=O)c3ccc(C#N)o3)cc2Cl)CC1. The molecule has 0 spiro atoms. The fourth-order valence-electron chi connectivity index (χ4n) is 4.27. The molecule has 0 saturated carbocycles. The number of piperazine rings is 1. The molecule has 2 aliphatic heterocycles. The van der Waals surface area contributed by atoms with Gasteiger partial charge in [0.2, 0.25) is 5.76 Å². The first-order valence-electron chi connectivity index (χ1n) is 10.8. The van der Waals surface area contributed by atoms with Gasteiger partial charge in [0.15, 0.2) is 5.76 Å². The van der Waals surface area contributed by atoms with E-state index in [0.717, 1.165) is 69.2 Å². The van der Waals surface area contributed by atoms with E-state index in [1.807, 2.05) is 12.1 Å². The third kappa shape index (κ3) is 4.51. The summed E-state index contributed by atoms with van der Waals surface area (Å²) in [5, 5.41) is 9.65. The van der Waals surface area contributed by atoms with E-state index in [1.165, 1.54) is 18.6 Å². The van der Waals surface area contributed by atoms with Gasteiger partial charge in [-0.25, -0.2) is 0 Å². The van der Waals surface area contributed by atoms with Crippen molar-refractivity contribution in [2.24, 2.45) is 0 Å². The summed E-state index contributed by atoms with van der Waals surface area (Å²) >= 11 is 6.75. The van der Waals surface area contributed by atoms with Gasteiger partial charge in [0, 0.05) is 46.3 Å². The van der Waals surface area contributed by atoms with Crippen LogP contribution in [0.3, 0.4) is 0 Å². The zero-order valence-electron chi connectivity index (χ0n) is 18.1. The quantitative estimate of drug-likeness (QED) is 0.718. The number of likely N-dealkylation sites (N-methyl/N-ethyl adjacent to an activating group) is 1. The number of rotatable bonds is 4. The maximum absolute atomic E-state index is 13.1. The van der Waals surface area contributed by atoms with E-state index in [2.05, 4.69) is 27.8 Å². The summed E-state index contributed by atoms with van der Waals surface area (Å²) in [5.41, 5.74) is 2.79. The molecule has 2 aliphatic rings. The van der Waals surface area contributed by atoms with E-state index in [4.69, 9.17) is 21.3 Å². The minimum atomic E-state index is -0.303. The lowest BCUT2D eigenvalue weighted by Gasteiger charge is -2.37. The highest BCUT2D eigenvalue weighted by molar-refractivity contribution is 6.34. The second-order valence-electron chi connectivity index (χ2n) is 8.27. The van der Waals surface area contributed by atoms with E-state index < -0.39 is 0 Å². The summed E-state index contributed by atoms with van der Waals surface area (Å²) in [4.78, 5) is 21.7. The second kappa shape index (κ2) is 9.21. The average molecular weight is 442 g/mol. The molecule has 0 aliphatic carbocycles. The number of hydrogen-bond acceptors (Lipinski definition) is 6. The fourth-order valence-corrected chi connectivity index (χ4v) is 4.55. The van der Waals surface area contributed by atoms with E-state index in [1.54, 1.807) is 11.9 Å². The number of nitrogens with zero attached hydrogens (tertiary/aromatic N) is 5. The van der Waals surface area contributed by atoms with Crippen LogP contribution in [0, 0.1) is 11.3 Å². The molecule has 1 aromatic heterocycles. The maximum Gasteiger partial charge on any atom is 0.293 e. The monoisotopic (exact) mass is 441 g/mol. The van der Waals surface area contributed by atoms with Crippen LogP contribution in [0.25, 0.3) is 0 Å². The Morgan fingerprint density at radius 1 is 1.03 bits per heavy atom. The number of nitriles is 1. The lowest BCUT2D eigenvalue weighted by atomic mass is 10.1. The molecule has 2 saturated heterocycles. The molecule has 3 heterocycles. The molecule has 31 heavy (non-hydrogen) atoms. The van der Waals surface area contributed by atoms with Gasteiger partial charge in [0.05, 0.1) is 22.1 Å². The third-order valence-electron chi connectivity index (χ3n) is 6.18. The van der Waals surface area contributed by atoms with Crippen molar-refractivity contribution in [3.63, 3.8) is 0 Å². The first kappa shape index (κ1) is 21.5. The van der Waals surface area contributed by atoms with Crippen LogP contribution in [0.2, 0.25) is 5.02 Å². The molecule has 7 nitrogen and oxygen atoms in total. The van der Waals surface area contributed by atoms with Crippen molar-refractivity contribution >= 4 is 34.6 Å². The Morgan fingerprint density at radius 2 is 1.71 bits per heavy atom. The Hall–Kier alpha value is -2.69. The molecule has 0 radical (unpaired) electrons. The van der Waals surface area contributed by atoms with Gasteiger partial charge >= 0.3 is 0 Å².